The fourth-order valence-corrected chi connectivity index (χ4v) is 2.90. The minimum atomic E-state index is 0.152. The Morgan fingerprint density at radius 1 is 1.40 bits per heavy atom. The molecule has 58 valence electrons. The molecule has 0 bridgehead atoms. The molecule has 2 heteroatoms. The first-order valence-corrected chi connectivity index (χ1v) is 4.16. The summed E-state index contributed by atoms with van der Waals surface area (Å²) in [4.78, 5) is 0. The average molecular weight is 140 g/mol. The van der Waals surface area contributed by atoms with Crippen LogP contribution < -0.4 is 11.5 Å². The third-order valence-corrected chi connectivity index (χ3v) is 3.33. The van der Waals surface area contributed by atoms with Crippen molar-refractivity contribution in [3.05, 3.63) is 0 Å². The fraction of sp³-hybridized carbons (Fsp3) is 1.00. The van der Waals surface area contributed by atoms with Gasteiger partial charge in [-0.15, -0.1) is 0 Å². The summed E-state index contributed by atoms with van der Waals surface area (Å²) in [6, 6.07) is 0.389. The molecule has 0 aromatic carbocycles. The predicted octanol–water partition coefficient (Wildman–Crippen LogP) is 0.461. The molecule has 0 radical (unpaired) electrons. The second-order valence-electron chi connectivity index (χ2n) is 4.22. The van der Waals surface area contributed by atoms with E-state index in [1.54, 1.807) is 0 Å². The maximum Gasteiger partial charge on any atom is 0.0203 e. The van der Waals surface area contributed by atoms with Crippen LogP contribution >= 0.6 is 0 Å². The van der Waals surface area contributed by atoms with Crippen LogP contribution in [0.2, 0.25) is 0 Å². The van der Waals surface area contributed by atoms with Crippen molar-refractivity contribution < 1.29 is 0 Å². The quantitative estimate of drug-likeness (QED) is 0.513. The van der Waals surface area contributed by atoms with E-state index in [2.05, 4.69) is 6.92 Å². The average Bonchev–Trinajstić information content (AvgIpc) is 2.03. The first kappa shape index (κ1) is 6.62. The van der Waals surface area contributed by atoms with Crippen molar-refractivity contribution in [3.63, 3.8) is 0 Å². The highest BCUT2D eigenvalue weighted by molar-refractivity contribution is 5.11. The van der Waals surface area contributed by atoms with Crippen LogP contribution in [-0.4, -0.2) is 11.6 Å². The lowest BCUT2D eigenvalue weighted by atomic mass is 9.62. The van der Waals surface area contributed by atoms with Crippen LogP contribution in [0.15, 0.2) is 0 Å². The van der Waals surface area contributed by atoms with Crippen LogP contribution in [0.5, 0.6) is 0 Å². The van der Waals surface area contributed by atoms with Gasteiger partial charge in [0.05, 0.1) is 0 Å². The van der Waals surface area contributed by atoms with Crippen molar-refractivity contribution in [2.24, 2.45) is 23.3 Å². The SMILES string of the molecule is CC1CC2(N)CC(N)CC12. The Morgan fingerprint density at radius 3 is 2.50 bits per heavy atom. The van der Waals surface area contributed by atoms with Crippen molar-refractivity contribution in [1.29, 1.82) is 0 Å². The molecule has 0 aromatic heterocycles. The van der Waals surface area contributed by atoms with Crippen molar-refractivity contribution in [2.45, 2.75) is 37.8 Å². The van der Waals surface area contributed by atoms with Gasteiger partial charge >= 0.3 is 0 Å². The van der Waals surface area contributed by atoms with Gasteiger partial charge in [0, 0.05) is 11.6 Å². The van der Waals surface area contributed by atoms with Gasteiger partial charge in [-0.25, -0.2) is 0 Å². The van der Waals surface area contributed by atoms with E-state index in [1.807, 2.05) is 0 Å². The Kier molecular flexibility index (Phi) is 1.15. The summed E-state index contributed by atoms with van der Waals surface area (Å²) in [6.45, 7) is 2.29. The molecule has 0 aliphatic heterocycles. The summed E-state index contributed by atoms with van der Waals surface area (Å²) < 4.78 is 0. The van der Waals surface area contributed by atoms with Crippen LogP contribution in [0.3, 0.4) is 0 Å². The predicted molar refractivity (Wildman–Crippen MR) is 41.4 cm³/mol. The minimum absolute atomic E-state index is 0.152. The summed E-state index contributed by atoms with van der Waals surface area (Å²) in [5.74, 6) is 1.57. The zero-order chi connectivity index (χ0) is 7.35. The summed E-state index contributed by atoms with van der Waals surface area (Å²) in [6.07, 6.45) is 3.42. The molecular formula is C8H16N2. The molecule has 0 saturated heterocycles. The maximum absolute atomic E-state index is 6.11. The third-order valence-electron chi connectivity index (χ3n) is 3.33. The van der Waals surface area contributed by atoms with Gasteiger partial charge in [0.25, 0.3) is 0 Å². The summed E-state index contributed by atoms with van der Waals surface area (Å²) in [7, 11) is 0. The number of hydrogen-bond donors (Lipinski definition) is 2. The summed E-state index contributed by atoms with van der Waals surface area (Å²) in [5.41, 5.74) is 12.1. The van der Waals surface area contributed by atoms with Crippen molar-refractivity contribution in [3.8, 4) is 0 Å². The van der Waals surface area contributed by atoms with Crippen molar-refractivity contribution in [1.82, 2.24) is 0 Å². The second kappa shape index (κ2) is 1.74. The van der Waals surface area contributed by atoms with Crippen LogP contribution in [0.4, 0.5) is 0 Å². The van der Waals surface area contributed by atoms with Crippen molar-refractivity contribution >= 4 is 0 Å². The first-order valence-electron chi connectivity index (χ1n) is 4.16. The van der Waals surface area contributed by atoms with Gasteiger partial charge in [0.15, 0.2) is 0 Å². The van der Waals surface area contributed by atoms with Crippen molar-refractivity contribution in [2.75, 3.05) is 0 Å². The molecule has 4 atom stereocenters. The molecule has 4 N–H and O–H groups in total. The Labute approximate surface area is 62.0 Å². The van der Waals surface area contributed by atoms with Gasteiger partial charge in [0.2, 0.25) is 0 Å². The maximum atomic E-state index is 6.11. The molecule has 2 rings (SSSR count). The monoisotopic (exact) mass is 140 g/mol. The molecule has 2 aliphatic carbocycles. The van der Waals surface area contributed by atoms with Crippen LogP contribution in [-0.2, 0) is 0 Å². The normalized spacial score (nSPS) is 59.7. The Morgan fingerprint density at radius 2 is 2.10 bits per heavy atom. The van der Waals surface area contributed by atoms with Gasteiger partial charge < -0.3 is 11.5 Å². The molecule has 0 heterocycles. The highest BCUT2D eigenvalue weighted by atomic mass is 14.9. The fourth-order valence-electron chi connectivity index (χ4n) is 2.90. The molecule has 2 aliphatic rings. The van der Waals surface area contributed by atoms with E-state index in [0.717, 1.165) is 24.7 Å². The lowest BCUT2D eigenvalue weighted by Crippen LogP contribution is -2.56. The summed E-state index contributed by atoms with van der Waals surface area (Å²) in [5, 5.41) is 0. The van der Waals surface area contributed by atoms with Gasteiger partial charge in [-0.3, -0.25) is 0 Å². The first-order chi connectivity index (χ1) is 4.62. The van der Waals surface area contributed by atoms with Gasteiger partial charge in [0.1, 0.15) is 0 Å². The Bertz CT molecular complexity index is 157. The third kappa shape index (κ3) is 0.663. The molecule has 0 spiro atoms. The molecule has 0 aromatic rings. The van der Waals surface area contributed by atoms with E-state index in [-0.39, 0.29) is 5.54 Å². The molecule has 10 heavy (non-hydrogen) atoms. The van der Waals surface area contributed by atoms with Gasteiger partial charge in [-0.1, -0.05) is 6.92 Å². The van der Waals surface area contributed by atoms with Crippen LogP contribution in [0.25, 0.3) is 0 Å². The molecule has 2 nitrogen and oxygen atoms in total. The van der Waals surface area contributed by atoms with E-state index in [1.165, 1.54) is 6.42 Å². The zero-order valence-electron chi connectivity index (χ0n) is 6.51. The van der Waals surface area contributed by atoms with E-state index in [0.29, 0.717) is 6.04 Å². The number of nitrogens with two attached hydrogens (primary N) is 2. The smallest absolute Gasteiger partial charge is 0.0203 e. The molecule has 2 saturated carbocycles. The lowest BCUT2D eigenvalue weighted by Gasteiger charge is -2.47. The Hall–Kier alpha value is -0.0800. The van der Waals surface area contributed by atoms with E-state index in [4.69, 9.17) is 11.5 Å². The van der Waals surface area contributed by atoms with Crippen LogP contribution in [0.1, 0.15) is 26.2 Å². The number of fused-ring (bicyclic) bond motifs is 1. The van der Waals surface area contributed by atoms with Gasteiger partial charge in [-0.2, -0.15) is 0 Å². The van der Waals surface area contributed by atoms with E-state index < -0.39 is 0 Å². The summed E-state index contributed by atoms with van der Waals surface area (Å²) >= 11 is 0. The molecule has 4 unspecified atom stereocenters. The molecular weight excluding hydrogens is 124 g/mol. The highest BCUT2D eigenvalue weighted by Gasteiger charge is 2.54. The molecule has 2 fully saturated rings. The number of rotatable bonds is 0. The van der Waals surface area contributed by atoms with Gasteiger partial charge in [-0.05, 0) is 31.1 Å². The van der Waals surface area contributed by atoms with Crippen LogP contribution in [0, 0.1) is 11.8 Å². The minimum Gasteiger partial charge on any atom is -0.328 e. The Balaban J connectivity index is 2.12. The number of hydrogen-bond acceptors (Lipinski definition) is 2. The second-order valence-corrected chi connectivity index (χ2v) is 4.22. The highest BCUT2D eigenvalue weighted by Crippen LogP contribution is 2.51. The standard InChI is InChI=1S/C8H16N2/c1-5-3-8(10)4-6(9)2-7(5)8/h5-7H,2-4,9-10H2,1H3. The zero-order valence-corrected chi connectivity index (χ0v) is 6.51. The van der Waals surface area contributed by atoms with E-state index >= 15 is 0 Å². The lowest BCUT2D eigenvalue weighted by molar-refractivity contribution is 0.0818. The largest absolute Gasteiger partial charge is 0.328 e. The topological polar surface area (TPSA) is 52.0 Å². The van der Waals surface area contributed by atoms with E-state index in [9.17, 15) is 0 Å². The molecule has 0 amide bonds.